The highest BCUT2D eigenvalue weighted by molar-refractivity contribution is 9.10. The fourth-order valence-electron chi connectivity index (χ4n) is 5.47. The van der Waals surface area contributed by atoms with Gasteiger partial charge in [-0.05, 0) is 124 Å². The fourth-order valence-corrected chi connectivity index (χ4v) is 5.73. The number of benzene rings is 3. The van der Waals surface area contributed by atoms with Crippen LogP contribution in [0.4, 0.5) is 0 Å². The van der Waals surface area contributed by atoms with E-state index in [1.807, 2.05) is 92.7 Å². The van der Waals surface area contributed by atoms with Gasteiger partial charge in [0, 0.05) is 44.2 Å². The van der Waals surface area contributed by atoms with Gasteiger partial charge < -0.3 is 23.0 Å². The molecule has 0 aliphatic rings. The minimum Gasteiger partial charge on any atom is -0.489 e. The highest BCUT2D eigenvalue weighted by atomic mass is 79.9. The Kier molecular flexibility index (Phi) is 9.45. The Morgan fingerprint density at radius 1 is 0.745 bits per heavy atom. The van der Waals surface area contributed by atoms with E-state index in [-0.39, 0.29) is 12.4 Å². The number of hydrazone groups is 1. The summed E-state index contributed by atoms with van der Waals surface area (Å²) >= 11 is 3.46. The maximum Gasteiger partial charge on any atom is 0.307 e. The Morgan fingerprint density at radius 3 is 1.98 bits per heavy atom. The molecule has 1 N–H and O–H groups in total. The van der Waals surface area contributed by atoms with Crippen LogP contribution in [0, 0.1) is 27.7 Å². The molecule has 0 aliphatic heterocycles. The van der Waals surface area contributed by atoms with Crippen LogP contribution in [0.15, 0.2) is 117 Å². The van der Waals surface area contributed by atoms with E-state index >= 15 is 0 Å². The van der Waals surface area contributed by atoms with Crippen LogP contribution < -0.4 is 14.9 Å². The van der Waals surface area contributed by atoms with Crippen LogP contribution >= 0.6 is 15.9 Å². The molecule has 0 bridgehead atoms. The summed E-state index contributed by atoms with van der Waals surface area (Å²) in [5.74, 6) is 1.75. The normalized spacial score (nSPS) is 11.3. The van der Waals surface area contributed by atoms with Crippen LogP contribution in [0.25, 0.3) is 11.4 Å². The number of rotatable bonds is 11. The molecule has 3 aromatic carbocycles. The molecule has 6 rings (SSSR count). The Hall–Kier alpha value is -5.28. The summed E-state index contributed by atoms with van der Waals surface area (Å²) < 4.78 is 22.9. The summed E-state index contributed by atoms with van der Waals surface area (Å²) in [6, 6.07) is 33.5. The standard InChI is InChI=1S/C38H35BrN4O4/c1-25-5-6-26(2)42(25)32-11-15-35(16-12-32)46-24-36-19-20-37(47-36)38(44)41-40-22-30-21-27(3)43(28(30)4)33-13-17-34(18-14-33)45-23-29-7-9-31(39)10-8-29/h5-22H,23-24H2,1-4H3,(H,41,44)/b40-22+. The average Bonchev–Trinajstić information content (AvgIpc) is 3.77. The first-order valence-electron chi connectivity index (χ1n) is 15.2. The van der Waals surface area contributed by atoms with Gasteiger partial charge in [0.1, 0.15) is 30.5 Å². The number of nitrogens with zero attached hydrogens (tertiary/aromatic N) is 3. The van der Waals surface area contributed by atoms with Crippen molar-refractivity contribution in [3.05, 3.63) is 153 Å². The van der Waals surface area contributed by atoms with Gasteiger partial charge in [0.25, 0.3) is 0 Å². The van der Waals surface area contributed by atoms with Crippen molar-refractivity contribution in [2.24, 2.45) is 5.10 Å². The number of halogens is 1. The molecular formula is C38H35BrN4O4. The van der Waals surface area contributed by atoms with E-state index < -0.39 is 5.91 Å². The van der Waals surface area contributed by atoms with Gasteiger partial charge in [0.05, 0.1) is 6.21 Å². The third-order valence-corrected chi connectivity index (χ3v) is 8.41. The number of ether oxygens (including phenoxy) is 2. The zero-order chi connectivity index (χ0) is 32.9. The zero-order valence-electron chi connectivity index (χ0n) is 26.7. The molecule has 238 valence electrons. The first kappa shape index (κ1) is 31.7. The van der Waals surface area contributed by atoms with Crippen LogP contribution in [-0.4, -0.2) is 21.3 Å². The summed E-state index contributed by atoms with van der Waals surface area (Å²) in [7, 11) is 0. The van der Waals surface area contributed by atoms with Crippen molar-refractivity contribution in [1.82, 2.24) is 14.6 Å². The molecule has 0 fully saturated rings. The summed E-state index contributed by atoms with van der Waals surface area (Å²) in [5, 5.41) is 4.19. The van der Waals surface area contributed by atoms with Gasteiger partial charge in [0.15, 0.2) is 5.76 Å². The number of nitrogens with one attached hydrogen (secondary N) is 1. The van der Waals surface area contributed by atoms with Crippen molar-refractivity contribution in [3.63, 3.8) is 0 Å². The molecule has 0 aliphatic carbocycles. The molecule has 1 amide bonds. The first-order chi connectivity index (χ1) is 22.7. The predicted octanol–water partition coefficient (Wildman–Crippen LogP) is 8.78. The molecule has 0 saturated carbocycles. The molecule has 9 heteroatoms. The molecule has 0 atom stereocenters. The van der Waals surface area contributed by atoms with Gasteiger partial charge in [0.2, 0.25) is 0 Å². The number of aryl methyl sites for hydroxylation is 3. The number of carbonyl (C=O) groups excluding carboxylic acids is 1. The van der Waals surface area contributed by atoms with Crippen molar-refractivity contribution in [1.29, 1.82) is 0 Å². The van der Waals surface area contributed by atoms with E-state index in [0.717, 1.165) is 44.1 Å². The largest absolute Gasteiger partial charge is 0.489 e. The molecule has 6 aromatic rings. The van der Waals surface area contributed by atoms with Crippen molar-refractivity contribution in [2.75, 3.05) is 0 Å². The number of aromatic nitrogens is 2. The first-order valence-corrected chi connectivity index (χ1v) is 16.0. The monoisotopic (exact) mass is 690 g/mol. The minimum absolute atomic E-state index is 0.155. The Bertz CT molecular complexity index is 2000. The fraction of sp³-hybridized carbons (Fsp3) is 0.158. The molecule has 3 heterocycles. The predicted molar refractivity (Wildman–Crippen MR) is 187 cm³/mol. The zero-order valence-corrected chi connectivity index (χ0v) is 28.2. The van der Waals surface area contributed by atoms with Crippen LogP contribution in [-0.2, 0) is 13.2 Å². The van der Waals surface area contributed by atoms with E-state index in [0.29, 0.717) is 18.1 Å². The van der Waals surface area contributed by atoms with Crippen LogP contribution in [0.5, 0.6) is 11.5 Å². The SMILES string of the molecule is Cc1ccc(C)n1-c1ccc(OCc2ccc(C(=O)N/N=C/c3cc(C)n(-c4ccc(OCc5ccc(Br)cc5)cc4)c3C)o2)cc1. The summed E-state index contributed by atoms with van der Waals surface area (Å²) in [4.78, 5) is 12.7. The van der Waals surface area contributed by atoms with Crippen LogP contribution in [0.1, 0.15) is 50.2 Å². The van der Waals surface area contributed by atoms with Gasteiger partial charge in [-0.25, -0.2) is 5.43 Å². The lowest BCUT2D eigenvalue weighted by molar-refractivity contribution is 0.0923. The lowest BCUT2D eigenvalue weighted by Gasteiger charge is -2.11. The highest BCUT2D eigenvalue weighted by Crippen LogP contribution is 2.24. The topological polar surface area (TPSA) is 82.9 Å². The Labute approximate surface area is 282 Å². The van der Waals surface area contributed by atoms with Crippen molar-refractivity contribution >= 4 is 28.1 Å². The molecular weight excluding hydrogens is 656 g/mol. The quantitative estimate of drug-likeness (QED) is 0.109. The number of carbonyl (C=O) groups is 1. The van der Waals surface area contributed by atoms with Gasteiger partial charge in [-0.1, -0.05) is 28.1 Å². The highest BCUT2D eigenvalue weighted by Gasteiger charge is 2.13. The smallest absolute Gasteiger partial charge is 0.307 e. The van der Waals surface area contributed by atoms with E-state index in [2.05, 4.69) is 61.6 Å². The molecule has 0 unspecified atom stereocenters. The van der Waals surface area contributed by atoms with Gasteiger partial charge in [-0.15, -0.1) is 0 Å². The average molecular weight is 692 g/mol. The second-order valence-electron chi connectivity index (χ2n) is 11.3. The molecule has 0 spiro atoms. The summed E-state index contributed by atoms with van der Waals surface area (Å²) in [6.07, 6.45) is 1.64. The third kappa shape index (κ3) is 7.42. The molecule has 0 radical (unpaired) electrons. The van der Waals surface area contributed by atoms with Crippen molar-refractivity contribution in [2.45, 2.75) is 40.9 Å². The molecule has 3 aromatic heterocycles. The lowest BCUT2D eigenvalue weighted by Crippen LogP contribution is -2.16. The van der Waals surface area contributed by atoms with Gasteiger partial charge >= 0.3 is 5.91 Å². The third-order valence-electron chi connectivity index (χ3n) is 7.89. The maximum absolute atomic E-state index is 12.7. The second-order valence-corrected chi connectivity index (χ2v) is 12.2. The van der Waals surface area contributed by atoms with Crippen LogP contribution in [0.2, 0.25) is 0 Å². The van der Waals surface area contributed by atoms with E-state index in [1.54, 1.807) is 18.3 Å². The maximum atomic E-state index is 12.7. The van der Waals surface area contributed by atoms with Gasteiger partial charge in [-0.2, -0.15) is 5.10 Å². The van der Waals surface area contributed by atoms with Gasteiger partial charge in [-0.3, -0.25) is 4.79 Å². The number of hydrogen-bond acceptors (Lipinski definition) is 5. The molecule has 8 nitrogen and oxygen atoms in total. The van der Waals surface area contributed by atoms with E-state index in [1.165, 1.54) is 11.4 Å². The number of hydrogen-bond donors (Lipinski definition) is 1. The Morgan fingerprint density at radius 2 is 1.34 bits per heavy atom. The van der Waals surface area contributed by atoms with Crippen molar-refractivity contribution < 1.29 is 18.7 Å². The number of amides is 1. The summed E-state index contributed by atoms with van der Waals surface area (Å²) in [5.41, 5.74) is 11.0. The minimum atomic E-state index is -0.443. The van der Waals surface area contributed by atoms with Crippen LogP contribution in [0.3, 0.4) is 0 Å². The second kappa shape index (κ2) is 14.0. The van der Waals surface area contributed by atoms with E-state index in [9.17, 15) is 4.79 Å². The molecule has 47 heavy (non-hydrogen) atoms. The summed E-state index contributed by atoms with van der Waals surface area (Å²) in [6.45, 7) is 8.90. The molecule has 0 saturated heterocycles. The van der Waals surface area contributed by atoms with Crippen molar-refractivity contribution in [3.8, 4) is 22.9 Å². The van der Waals surface area contributed by atoms with E-state index in [4.69, 9.17) is 13.9 Å². The number of furan rings is 1. The Balaban J connectivity index is 1.02. The lowest BCUT2D eigenvalue weighted by atomic mass is 10.2.